The maximum atomic E-state index is 13.3. The van der Waals surface area contributed by atoms with Crippen molar-refractivity contribution in [2.75, 3.05) is 63.4 Å². The average Bonchev–Trinajstić information content (AvgIpc) is 3.85. The van der Waals surface area contributed by atoms with Crippen LogP contribution in [0.4, 0.5) is 11.5 Å². The Hall–Kier alpha value is -2.80. The first-order valence-electron chi connectivity index (χ1n) is 16.6. The van der Waals surface area contributed by atoms with Gasteiger partial charge in [-0.3, -0.25) is 9.69 Å². The molecule has 1 amide bonds. The Morgan fingerprint density at radius 3 is 2.59 bits per heavy atom. The van der Waals surface area contributed by atoms with Crippen LogP contribution >= 0.6 is 0 Å². The van der Waals surface area contributed by atoms with Crippen molar-refractivity contribution in [3.63, 3.8) is 0 Å². The van der Waals surface area contributed by atoms with Crippen molar-refractivity contribution in [2.24, 2.45) is 0 Å². The molecule has 2 aromatic heterocycles. The van der Waals surface area contributed by atoms with Gasteiger partial charge in [-0.15, -0.1) is 0 Å². The van der Waals surface area contributed by atoms with Gasteiger partial charge in [0.05, 0.1) is 43.5 Å². The number of likely N-dealkylation sites (N-methyl/N-ethyl adjacent to an activating group) is 2. The highest BCUT2D eigenvalue weighted by Gasteiger charge is 2.61. The molecule has 2 spiro atoms. The SMILES string of the molecule is C[C@H](Oc1nc(-c2onc3c2CCC[C@@]32CCCCC23OCCO3)nc2c1N(C)C(=O)CN2[C@@H]1CCOC1)[C@@H]1CCCN1C. The summed E-state index contributed by atoms with van der Waals surface area (Å²) in [5.41, 5.74) is 2.25. The van der Waals surface area contributed by atoms with Gasteiger partial charge in [-0.1, -0.05) is 11.6 Å². The van der Waals surface area contributed by atoms with E-state index in [0.29, 0.717) is 55.4 Å². The van der Waals surface area contributed by atoms with Crippen molar-refractivity contribution in [1.29, 1.82) is 0 Å². The Morgan fingerprint density at radius 1 is 1.00 bits per heavy atom. The summed E-state index contributed by atoms with van der Waals surface area (Å²) in [6, 6.07) is 0.311. The lowest BCUT2D eigenvalue weighted by Crippen LogP contribution is -2.56. The number of likely N-dealkylation sites (tertiary alicyclic amines) is 1. The highest BCUT2D eigenvalue weighted by Crippen LogP contribution is 2.57. The third kappa shape index (κ3) is 4.31. The molecule has 0 N–H and O–H groups in total. The van der Waals surface area contributed by atoms with Crippen LogP contribution < -0.4 is 14.5 Å². The maximum absolute atomic E-state index is 13.3. The highest BCUT2D eigenvalue weighted by atomic mass is 16.7. The molecule has 0 aromatic carbocycles. The summed E-state index contributed by atoms with van der Waals surface area (Å²) in [4.78, 5) is 29.6. The molecule has 6 aliphatic rings. The summed E-state index contributed by atoms with van der Waals surface area (Å²) >= 11 is 0. The van der Waals surface area contributed by atoms with Gasteiger partial charge in [0.1, 0.15) is 11.8 Å². The van der Waals surface area contributed by atoms with E-state index in [4.69, 9.17) is 38.6 Å². The zero-order valence-corrected chi connectivity index (χ0v) is 26.2. The Bertz CT molecular complexity index is 1420. The van der Waals surface area contributed by atoms with Crippen LogP contribution in [-0.2, 0) is 30.8 Å². The number of anilines is 2. The molecule has 3 saturated heterocycles. The molecule has 8 rings (SSSR count). The highest BCUT2D eigenvalue weighted by molar-refractivity contribution is 6.03. The summed E-state index contributed by atoms with van der Waals surface area (Å²) in [5.74, 6) is 1.45. The van der Waals surface area contributed by atoms with Crippen LogP contribution in [0.5, 0.6) is 5.88 Å². The van der Waals surface area contributed by atoms with Crippen molar-refractivity contribution >= 4 is 17.4 Å². The molecule has 12 heteroatoms. The Kier molecular flexibility index (Phi) is 7.11. The van der Waals surface area contributed by atoms with E-state index in [1.165, 1.54) is 0 Å². The largest absolute Gasteiger partial charge is 0.471 e. The van der Waals surface area contributed by atoms with Gasteiger partial charge >= 0.3 is 0 Å². The van der Waals surface area contributed by atoms with E-state index in [9.17, 15) is 4.79 Å². The second-order valence-corrected chi connectivity index (χ2v) is 13.6. The van der Waals surface area contributed by atoms with Crippen LogP contribution in [0.2, 0.25) is 0 Å². The molecule has 1 saturated carbocycles. The molecule has 238 valence electrons. The third-order valence-electron chi connectivity index (χ3n) is 11.2. The molecule has 4 aliphatic heterocycles. The lowest BCUT2D eigenvalue weighted by molar-refractivity contribution is -0.231. The van der Waals surface area contributed by atoms with E-state index in [0.717, 1.165) is 82.0 Å². The molecule has 4 atom stereocenters. The number of hydrogen-bond acceptors (Lipinski definition) is 11. The second-order valence-electron chi connectivity index (χ2n) is 13.6. The normalized spacial score (nSPS) is 30.8. The van der Waals surface area contributed by atoms with Crippen molar-refractivity contribution in [1.82, 2.24) is 20.0 Å². The number of amides is 1. The van der Waals surface area contributed by atoms with E-state index in [1.54, 1.807) is 11.9 Å². The van der Waals surface area contributed by atoms with Crippen molar-refractivity contribution in [3.8, 4) is 17.5 Å². The number of carbonyl (C=O) groups is 1. The minimum absolute atomic E-state index is 0.0191. The first-order valence-corrected chi connectivity index (χ1v) is 16.6. The number of rotatable bonds is 5. The van der Waals surface area contributed by atoms with Gasteiger partial charge in [0.15, 0.2) is 11.6 Å². The predicted octanol–water partition coefficient (Wildman–Crippen LogP) is 3.46. The number of fused-ring (bicyclic) bond motifs is 4. The van der Waals surface area contributed by atoms with E-state index in [-0.39, 0.29) is 36.1 Å². The zero-order chi connectivity index (χ0) is 30.1. The first kappa shape index (κ1) is 28.7. The molecule has 44 heavy (non-hydrogen) atoms. The fraction of sp³-hybridized carbons (Fsp3) is 0.750. The topological polar surface area (TPSA) is 116 Å². The molecule has 2 aromatic rings. The Balaban J connectivity index is 1.25. The van der Waals surface area contributed by atoms with Crippen LogP contribution in [-0.4, -0.2) is 104 Å². The van der Waals surface area contributed by atoms with Crippen molar-refractivity contribution in [3.05, 3.63) is 11.3 Å². The number of aromatic nitrogens is 3. The van der Waals surface area contributed by atoms with Crippen LogP contribution in [0, 0.1) is 0 Å². The molecule has 4 fully saturated rings. The lowest BCUT2D eigenvalue weighted by Gasteiger charge is -2.50. The summed E-state index contributed by atoms with van der Waals surface area (Å²) in [5, 5.41) is 4.77. The van der Waals surface area contributed by atoms with E-state index in [2.05, 4.69) is 23.8 Å². The number of ether oxygens (including phenoxy) is 4. The van der Waals surface area contributed by atoms with Crippen LogP contribution in [0.25, 0.3) is 11.6 Å². The van der Waals surface area contributed by atoms with Gasteiger partial charge in [0.25, 0.3) is 0 Å². The summed E-state index contributed by atoms with van der Waals surface area (Å²) < 4.78 is 31.5. The fourth-order valence-corrected chi connectivity index (χ4v) is 8.89. The Morgan fingerprint density at radius 2 is 1.82 bits per heavy atom. The molecule has 12 nitrogen and oxygen atoms in total. The first-order chi connectivity index (χ1) is 21.4. The standard InChI is InChI=1S/C32H44N6O6/c1-20(23-9-7-14-36(23)2)43-30-25-29(38(18-24(39)37(25)3)21-10-15-40-19-21)33-28(34-30)26-22-8-6-12-31(27(22)35-44-26)11-4-5-13-32(31)41-16-17-42-32/h20-21,23H,4-19H2,1-3H3/t20-,21+,23-,31-/m0/s1. The smallest absolute Gasteiger partial charge is 0.246 e. The second kappa shape index (κ2) is 10.9. The van der Waals surface area contributed by atoms with Crippen molar-refractivity contribution in [2.45, 2.75) is 101 Å². The Labute approximate surface area is 258 Å². The molecule has 2 aliphatic carbocycles. The van der Waals surface area contributed by atoms with Gasteiger partial charge in [0, 0.05) is 31.7 Å². The summed E-state index contributed by atoms with van der Waals surface area (Å²) in [6.07, 6.45) is 9.68. The number of nitrogens with zero attached hydrogens (tertiary/aromatic N) is 6. The van der Waals surface area contributed by atoms with E-state index < -0.39 is 5.79 Å². The van der Waals surface area contributed by atoms with Crippen molar-refractivity contribution < 1.29 is 28.3 Å². The average molecular weight is 609 g/mol. The molecule has 0 bridgehead atoms. The lowest BCUT2D eigenvalue weighted by atomic mass is 9.61. The summed E-state index contributed by atoms with van der Waals surface area (Å²) in [6.45, 7) is 5.80. The van der Waals surface area contributed by atoms with E-state index in [1.807, 2.05) is 0 Å². The van der Waals surface area contributed by atoms with Crippen LogP contribution in [0.15, 0.2) is 4.52 Å². The maximum Gasteiger partial charge on any atom is 0.246 e. The minimum atomic E-state index is -0.648. The van der Waals surface area contributed by atoms with Gasteiger partial charge in [0.2, 0.25) is 23.4 Å². The van der Waals surface area contributed by atoms with Crippen LogP contribution in [0.1, 0.15) is 76.0 Å². The van der Waals surface area contributed by atoms with E-state index >= 15 is 0 Å². The monoisotopic (exact) mass is 608 g/mol. The molecular weight excluding hydrogens is 564 g/mol. The van der Waals surface area contributed by atoms with Gasteiger partial charge in [-0.05, 0) is 71.9 Å². The zero-order valence-electron chi connectivity index (χ0n) is 26.2. The predicted molar refractivity (Wildman–Crippen MR) is 161 cm³/mol. The van der Waals surface area contributed by atoms with Gasteiger partial charge < -0.3 is 33.3 Å². The quantitative estimate of drug-likeness (QED) is 0.497. The molecule has 0 radical (unpaired) electrons. The van der Waals surface area contributed by atoms with Gasteiger partial charge in [-0.25, -0.2) is 4.98 Å². The minimum Gasteiger partial charge on any atom is -0.471 e. The fourth-order valence-electron chi connectivity index (χ4n) is 8.89. The molecule has 6 heterocycles. The summed E-state index contributed by atoms with van der Waals surface area (Å²) in [7, 11) is 3.93. The molecular formula is C32H44N6O6. The third-order valence-corrected chi connectivity index (χ3v) is 11.2. The number of hydrogen-bond donors (Lipinski definition) is 0. The molecule has 0 unspecified atom stereocenters. The van der Waals surface area contributed by atoms with Crippen LogP contribution in [0.3, 0.4) is 0 Å². The van der Waals surface area contributed by atoms with Gasteiger partial charge in [-0.2, -0.15) is 4.98 Å². The number of carbonyl (C=O) groups excluding carboxylic acids is 1.